The van der Waals surface area contributed by atoms with Crippen molar-refractivity contribution in [2.75, 3.05) is 18.0 Å². The lowest BCUT2D eigenvalue weighted by atomic mass is 9.97. The van der Waals surface area contributed by atoms with Crippen LogP contribution in [0.4, 0.5) is 19.3 Å². The molecule has 1 saturated carbocycles. The van der Waals surface area contributed by atoms with Crippen molar-refractivity contribution in [3.05, 3.63) is 41.7 Å². The first-order chi connectivity index (χ1) is 17.1. The standard InChI is InChI=1S/C25H27F2N5O4/c1-14(15-6-7-15)30-22(33)18-12-29-19(11-28)20(16-4-3-5-17(10-16)36-23(26)27)21(18)32-9-8-25(2,13-32)31-24(34)35/h3-5,10,12,14-15,23,31H,6-9,13H2,1-2H3,(H,30,33)(H,34,35)/t14-,25-/m0/s1. The Morgan fingerprint density at radius 2 is 2.11 bits per heavy atom. The maximum atomic E-state index is 13.4. The molecule has 9 nitrogen and oxygen atoms in total. The number of amides is 2. The van der Waals surface area contributed by atoms with Crippen LogP contribution in [0.2, 0.25) is 0 Å². The number of halogens is 2. The van der Waals surface area contributed by atoms with Crippen LogP contribution < -0.4 is 20.3 Å². The number of nitrogens with zero attached hydrogens (tertiary/aromatic N) is 3. The SMILES string of the molecule is C[C@H](NC(=O)c1cnc(C#N)c(-c2cccc(OC(F)F)c2)c1N1CC[C@](C)(NC(=O)O)C1)C1CC1. The van der Waals surface area contributed by atoms with E-state index < -0.39 is 18.2 Å². The van der Waals surface area contributed by atoms with Gasteiger partial charge in [-0.1, -0.05) is 12.1 Å². The molecule has 2 atom stereocenters. The summed E-state index contributed by atoms with van der Waals surface area (Å²) in [5.74, 6) is -0.0722. The third-order valence-electron chi connectivity index (χ3n) is 6.64. The molecule has 2 amide bonds. The summed E-state index contributed by atoms with van der Waals surface area (Å²) in [5.41, 5.74) is 0.490. The highest BCUT2D eigenvalue weighted by molar-refractivity contribution is 6.04. The quantitative estimate of drug-likeness (QED) is 0.501. The number of hydrogen-bond donors (Lipinski definition) is 3. The van der Waals surface area contributed by atoms with Gasteiger partial charge in [0.15, 0.2) is 0 Å². The molecule has 4 rings (SSSR count). The molecule has 0 spiro atoms. The number of ether oxygens (including phenoxy) is 1. The number of hydrogen-bond acceptors (Lipinski definition) is 6. The molecule has 3 N–H and O–H groups in total. The van der Waals surface area contributed by atoms with Gasteiger partial charge in [-0.15, -0.1) is 0 Å². The molecular formula is C25H27F2N5O4. The Kier molecular flexibility index (Phi) is 6.97. The zero-order valence-corrected chi connectivity index (χ0v) is 19.9. The van der Waals surface area contributed by atoms with Gasteiger partial charge in [-0.25, -0.2) is 9.78 Å². The number of anilines is 1. The summed E-state index contributed by atoms with van der Waals surface area (Å²) in [5, 5.41) is 24.7. The van der Waals surface area contributed by atoms with E-state index in [0.29, 0.717) is 35.7 Å². The van der Waals surface area contributed by atoms with Crippen LogP contribution >= 0.6 is 0 Å². The van der Waals surface area contributed by atoms with Crippen LogP contribution in [0.3, 0.4) is 0 Å². The van der Waals surface area contributed by atoms with Crippen LogP contribution in [0, 0.1) is 17.2 Å². The van der Waals surface area contributed by atoms with Gasteiger partial charge in [-0.3, -0.25) is 4.79 Å². The molecule has 1 aliphatic carbocycles. The van der Waals surface area contributed by atoms with Crippen LogP contribution in [-0.2, 0) is 0 Å². The van der Waals surface area contributed by atoms with Crippen molar-refractivity contribution in [3.8, 4) is 22.9 Å². The molecule has 11 heteroatoms. The maximum absolute atomic E-state index is 13.4. The molecule has 2 fully saturated rings. The highest BCUT2D eigenvalue weighted by atomic mass is 19.3. The van der Waals surface area contributed by atoms with Gasteiger partial charge in [-0.05, 0) is 56.7 Å². The topological polar surface area (TPSA) is 128 Å². The number of carboxylic acid groups (broad SMARTS) is 1. The Morgan fingerprint density at radius 3 is 2.75 bits per heavy atom. The zero-order chi connectivity index (χ0) is 26.0. The molecule has 2 aliphatic rings. The molecule has 1 saturated heterocycles. The van der Waals surface area contributed by atoms with Gasteiger partial charge in [0.05, 0.1) is 16.8 Å². The van der Waals surface area contributed by atoms with E-state index >= 15 is 0 Å². The molecule has 0 radical (unpaired) electrons. The number of carbonyl (C=O) groups is 2. The van der Waals surface area contributed by atoms with Crippen LogP contribution in [0.5, 0.6) is 5.75 Å². The van der Waals surface area contributed by atoms with Crippen LogP contribution in [-0.4, -0.2) is 53.4 Å². The Morgan fingerprint density at radius 1 is 1.36 bits per heavy atom. The van der Waals surface area contributed by atoms with Crippen molar-refractivity contribution < 1.29 is 28.2 Å². The summed E-state index contributed by atoms with van der Waals surface area (Å²) >= 11 is 0. The molecule has 1 aromatic heterocycles. The lowest BCUT2D eigenvalue weighted by Crippen LogP contribution is -2.47. The fraction of sp³-hybridized carbons (Fsp3) is 0.440. The number of alkyl halides is 2. The highest BCUT2D eigenvalue weighted by Gasteiger charge is 2.39. The van der Waals surface area contributed by atoms with Gasteiger partial charge in [0.25, 0.3) is 5.91 Å². The summed E-state index contributed by atoms with van der Waals surface area (Å²) in [7, 11) is 0. The fourth-order valence-corrected chi connectivity index (χ4v) is 4.69. The number of aromatic nitrogens is 1. The lowest BCUT2D eigenvalue weighted by molar-refractivity contribution is -0.0498. The number of benzene rings is 1. The minimum atomic E-state index is -3.03. The van der Waals surface area contributed by atoms with Gasteiger partial charge >= 0.3 is 12.7 Å². The summed E-state index contributed by atoms with van der Waals surface area (Å²) in [6.45, 7) is 1.29. The fourth-order valence-electron chi connectivity index (χ4n) is 4.69. The molecular weight excluding hydrogens is 472 g/mol. The second-order valence-electron chi connectivity index (χ2n) is 9.52. The van der Waals surface area contributed by atoms with Crippen molar-refractivity contribution >= 4 is 17.7 Å². The minimum absolute atomic E-state index is 0.00536. The second kappa shape index (κ2) is 9.97. The molecule has 1 aromatic carbocycles. The van der Waals surface area contributed by atoms with Gasteiger partial charge in [0.2, 0.25) is 0 Å². The van der Waals surface area contributed by atoms with Crippen molar-refractivity contribution in [1.29, 1.82) is 5.26 Å². The predicted octanol–water partition coefficient (Wildman–Crippen LogP) is 3.99. The number of rotatable bonds is 8. The van der Waals surface area contributed by atoms with E-state index in [9.17, 15) is 28.7 Å². The van der Waals surface area contributed by atoms with Crippen molar-refractivity contribution in [2.24, 2.45) is 5.92 Å². The normalized spacial score (nSPS) is 20.1. The summed E-state index contributed by atoms with van der Waals surface area (Å²) in [6.07, 6.45) is 2.70. The first kappa shape index (κ1) is 25.2. The molecule has 1 aliphatic heterocycles. The first-order valence-corrected chi connectivity index (χ1v) is 11.7. The van der Waals surface area contributed by atoms with E-state index in [1.54, 1.807) is 13.0 Å². The van der Waals surface area contributed by atoms with Crippen molar-refractivity contribution in [2.45, 2.75) is 51.3 Å². The van der Waals surface area contributed by atoms with Gasteiger partial charge < -0.3 is 25.4 Å². The van der Waals surface area contributed by atoms with E-state index in [0.717, 1.165) is 12.8 Å². The number of pyridine rings is 1. The average Bonchev–Trinajstić information content (AvgIpc) is 3.60. The van der Waals surface area contributed by atoms with E-state index in [1.807, 2.05) is 17.9 Å². The monoisotopic (exact) mass is 499 g/mol. The first-order valence-electron chi connectivity index (χ1n) is 11.7. The van der Waals surface area contributed by atoms with E-state index in [1.165, 1.54) is 24.4 Å². The van der Waals surface area contributed by atoms with Gasteiger partial charge in [-0.2, -0.15) is 14.0 Å². The molecule has 2 heterocycles. The second-order valence-corrected chi connectivity index (χ2v) is 9.52. The van der Waals surface area contributed by atoms with E-state index in [-0.39, 0.29) is 35.5 Å². The molecule has 190 valence electrons. The third kappa shape index (κ3) is 5.48. The molecule has 0 unspecified atom stereocenters. The van der Waals surface area contributed by atoms with E-state index in [4.69, 9.17) is 0 Å². The smallest absolute Gasteiger partial charge is 0.405 e. The van der Waals surface area contributed by atoms with Crippen molar-refractivity contribution in [3.63, 3.8) is 0 Å². The Labute approximate surface area is 207 Å². The van der Waals surface area contributed by atoms with Crippen LogP contribution in [0.1, 0.15) is 49.2 Å². The number of carbonyl (C=O) groups excluding carboxylic acids is 1. The minimum Gasteiger partial charge on any atom is -0.465 e. The van der Waals surface area contributed by atoms with E-state index in [2.05, 4.69) is 20.4 Å². The Bertz CT molecular complexity index is 1210. The highest BCUT2D eigenvalue weighted by Crippen LogP contribution is 2.41. The number of nitriles is 1. The molecule has 36 heavy (non-hydrogen) atoms. The predicted molar refractivity (Wildman–Crippen MR) is 127 cm³/mol. The largest absolute Gasteiger partial charge is 0.465 e. The van der Waals surface area contributed by atoms with Crippen LogP contribution in [0.25, 0.3) is 11.1 Å². The number of nitrogens with one attached hydrogen (secondary N) is 2. The zero-order valence-electron chi connectivity index (χ0n) is 19.9. The van der Waals surface area contributed by atoms with Gasteiger partial charge in [0.1, 0.15) is 17.5 Å². The Hall–Kier alpha value is -3.94. The Balaban J connectivity index is 1.84. The molecule has 0 bridgehead atoms. The van der Waals surface area contributed by atoms with Crippen molar-refractivity contribution in [1.82, 2.24) is 15.6 Å². The van der Waals surface area contributed by atoms with Gasteiger partial charge in [0, 0.05) is 30.9 Å². The third-order valence-corrected chi connectivity index (χ3v) is 6.64. The summed E-state index contributed by atoms with van der Waals surface area (Å²) in [4.78, 5) is 30.8. The summed E-state index contributed by atoms with van der Waals surface area (Å²) in [6, 6.07) is 7.86. The summed E-state index contributed by atoms with van der Waals surface area (Å²) < 4.78 is 30.3. The lowest BCUT2D eigenvalue weighted by Gasteiger charge is -2.29. The maximum Gasteiger partial charge on any atom is 0.405 e. The average molecular weight is 500 g/mol. The van der Waals surface area contributed by atoms with Crippen LogP contribution in [0.15, 0.2) is 30.5 Å². The molecule has 2 aromatic rings.